The van der Waals surface area contributed by atoms with E-state index in [0.29, 0.717) is 19.7 Å². The number of nitrogens with two attached hydrogens (primary N) is 1. The molecule has 0 radical (unpaired) electrons. The highest BCUT2D eigenvalue weighted by molar-refractivity contribution is 5.86. The Balaban J connectivity index is 1.51. The maximum Gasteiger partial charge on any atom is 0.248 e. The number of ether oxygens (including phenoxy) is 1. The van der Waals surface area contributed by atoms with Crippen molar-refractivity contribution in [1.29, 1.82) is 0 Å². The molecule has 5 heteroatoms. The number of fused-ring (bicyclic) bond motifs is 2. The zero-order valence-corrected chi connectivity index (χ0v) is 12.5. The molecule has 0 unspecified atom stereocenters. The lowest BCUT2D eigenvalue weighted by Gasteiger charge is -2.32. The number of benzene rings is 1. The fraction of sp³-hybridized carbons (Fsp3) is 0.529. The van der Waals surface area contributed by atoms with Gasteiger partial charge in [-0.05, 0) is 30.4 Å². The Morgan fingerprint density at radius 1 is 1.32 bits per heavy atom. The quantitative estimate of drug-likeness (QED) is 0.869. The van der Waals surface area contributed by atoms with Gasteiger partial charge >= 0.3 is 0 Å². The third-order valence-electron chi connectivity index (χ3n) is 5.46. The first-order chi connectivity index (χ1) is 10.6. The average Bonchev–Trinajstić information content (AvgIpc) is 3.16. The molecule has 3 atom stereocenters. The SMILES string of the molecule is NC(=O)[C@@H]1CN(C(=O)[C@H]2C[C@]23CCc2ccccc23)CCO1. The molecule has 2 fully saturated rings. The van der Waals surface area contributed by atoms with E-state index in [0.717, 1.165) is 19.3 Å². The van der Waals surface area contributed by atoms with Crippen molar-refractivity contribution in [3.63, 3.8) is 0 Å². The average molecular weight is 300 g/mol. The van der Waals surface area contributed by atoms with Crippen LogP contribution in [0, 0.1) is 5.92 Å². The van der Waals surface area contributed by atoms with Gasteiger partial charge in [-0.3, -0.25) is 9.59 Å². The van der Waals surface area contributed by atoms with Crippen molar-refractivity contribution in [2.45, 2.75) is 30.8 Å². The minimum Gasteiger partial charge on any atom is -0.367 e. The number of rotatable bonds is 2. The Kier molecular flexibility index (Phi) is 3.01. The molecule has 1 heterocycles. The molecule has 22 heavy (non-hydrogen) atoms. The van der Waals surface area contributed by atoms with Crippen molar-refractivity contribution in [1.82, 2.24) is 4.90 Å². The minimum atomic E-state index is -0.664. The summed E-state index contributed by atoms with van der Waals surface area (Å²) in [4.78, 5) is 25.9. The van der Waals surface area contributed by atoms with E-state index in [1.54, 1.807) is 4.90 Å². The smallest absolute Gasteiger partial charge is 0.248 e. The highest BCUT2D eigenvalue weighted by atomic mass is 16.5. The van der Waals surface area contributed by atoms with E-state index >= 15 is 0 Å². The number of carbonyl (C=O) groups is 2. The standard InChI is InChI=1S/C17H20N2O3/c18-15(20)14-10-19(7-8-22-14)16(21)13-9-17(13)6-5-11-3-1-2-4-12(11)17/h1-4,13-14H,5-10H2,(H2,18,20)/t13-,14+,17+/m1/s1. The van der Waals surface area contributed by atoms with Crippen molar-refractivity contribution in [2.75, 3.05) is 19.7 Å². The van der Waals surface area contributed by atoms with Crippen LogP contribution in [-0.4, -0.2) is 42.5 Å². The van der Waals surface area contributed by atoms with Crippen LogP contribution < -0.4 is 5.73 Å². The number of amides is 2. The largest absolute Gasteiger partial charge is 0.367 e. The monoisotopic (exact) mass is 300 g/mol. The molecule has 1 saturated carbocycles. The van der Waals surface area contributed by atoms with Gasteiger partial charge in [0.25, 0.3) is 0 Å². The van der Waals surface area contributed by atoms with Crippen LogP contribution in [0.2, 0.25) is 0 Å². The third-order valence-corrected chi connectivity index (χ3v) is 5.46. The van der Waals surface area contributed by atoms with Crippen LogP contribution in [0.25, 0.3) is 0 Å². The Morgan fingerprint density at radius 3 is 2.95 bits per heavy atom. The molecule has 1 aliphatic heterocycles. The molecular weight excluding hydrogens is 280 g/mol. The number of carbonyl (C=O) groups excluding carboxylic acids is 2. The number of hydrogen-bond acceptors (Lipinski definition) is 3. The molecule has 1 aromatic rings. The Hall–Kier alpha value is -1.88. The van der Waals surface area contributed by atoms with E-state index in [9.17, 15) is 9.59 Å². The lowest BCUT2D eigenvalue weighted by Crippen LogP contribution is -2.51. The maximum absolute atomic E-state index is 12.8. The van der Waals surface area contributed by atoms with E-state index in [1.807, 2.05) is 0 Å². The second-order valence-electron chi connectivity index (χ2n) is 6.62. The topological polar surface area (TPSA) is 72.6 Å². The number of nitrogens with zero attached hydrogens (tertiary/aromatic N) is 1. The van der Waals surface area contributed by atoms with Crippen molar-refractivity contribution in [3.8, 4) is 0 Å². The third kappa shape index (κ3) is 1.96. The Labute approximate surface area is 129 Å². The molecule has 4 rings (SSSR count). The van der Waals surface area contributed by atoms with Crippen molar-refractivity contribution >= 4 is 11.8 Å². The molecule has 1 saturated heterocycles. The van der Waals surface area contributed by atoms with E-state index < -0.39 is 12.0 Å². The number of morpholine rings is 1. The number of hydrogen-bond donors (Lipinski definition) is 1. The summed E-state index contributed by atoms with van der Waals surface area (Å²) < 4.78 is 5.32. The molecule has 1 spiro atoms. The Bertz CT molecular complexity index is 645. The lowest BCUT2D eigenvalue weighted by atomic mass is 9.95. The van der Waals surface area contributed by atoms with Gasteiger partial charge in [0.1, 0.15) is 0 Å². The van der Waals surface area contributed by atoms with Crippen LogP contribution in [0.5, 0.6) is 0 Å². The van der Waals surface area contributed by atoms with E-state index in [-0.39, 0.29) is 17.2 Å². The second-order valence-corrected chi connectivity index (χ2v) is 6.62. The lowest BCUT2D eigenvalue weighted by molar-refractivity contribution is -0.146. The van der Waals surface area contributed by atoms with Gasteiger partial charge in [-0.25, -0.2) is 0 Å². The van der Waals surface area contributed by atoms with Gasteiger partial charge in [0, 0.05) is 17.9 Å². The normalized spacial score (nSPS) is 32.8. The summed E-state index contributed by atoms with van der Waals surface area (Å²) in [6, 6.07) is 8.46. The summed E-state index contributed by atoms with van der Waals surface area (Å²) >= 11 is 0. The summed E-state index contributed by atoms with van der Waals surface area (Å²) in [7, 11) is 0. The van der Waals surface area contributed by atoms with E-state index in [4.69, 9.17) is 10.5 Å². The van der Waals surface area contributed by atoms with Gasteiger partial charge in [0.15, 0.2) is 6.10 Å². The number of primary amides is 1. The highest BCUT2D eigenvalue weighted by Crippen LogP contribution is 2.62. The van der Waals surface area contributed by atoms with E-state index in [2.05, 4.69) is 24.3 Å². The first-order valence-electron chi connectivity index (χ1n) is 7.90. The Morgan fingerprint density at radius 2 is 2.14 bits per heavy atom. The molecule has 1 aromatic carbocycles. The highest BCUT2D eigenvalue weighted by Gasteiger charge is 2.62. The van der Waals surface area contributed by atoms with Gasteiger partial charge < -0.3 is 15.4 Å². The van der Waals surface area contributed by atoms with Crippen molar-refractivity contribution in [3.05, 3.63) is 35.4 Å². The van der Waals surface area contributed by atoms with Crippen molar-refractivity contribution < 1.29 is 14.3 Å². The van der Waals surface area contributed by atoms with Crippen LogP contribution in [-0.2, 0) is 26.2 Å². The summed E-state index contributed by atoms with van der Waals surface area (Å²) in [5, 5.41) is 0. The van der Waals surface area contributed by atoms with E-state index in [1.165, 1.54) is 11.1 Å². The van der Waals surface area contributed by atoms with Gasteiger partial charge in [-0.15, -0.1) is 0 Å². The molecular formula is C17H20N2O3. The predicted octanol–water partition coefficient (Wildman–Crippen LogP) is 0.603. The first-order valence-corrected chi connectivity index (χ1v) is 7.90. The fourth-order valence-corrected chi connectivity index (χ4v) is 4.16. The molecule has 2 N–H and O–H groups in total. The first kappa shape index (κ1) is 13.8. The van der Waals surface area contributed by atoms with Crippen LogP contribution in [0.4, 0.5) is 0 Å². The summed E-state index contributed by atoms with van der Waals surface area (Å²) in [5.41, 5.74) is 8.09. The summed E-state index contributed by atoms with van der Waals surface area (Å²) in [6.45, 7) is 1.23. The van der Waals surface area contributed by atoms with Crippen LogP contribution in [0.3, 0.4) is 0 Å². The molecule has 0 bridgehead atoms. The number of aryl methyl sites for hydroxylation is 1. The van der Waals surface area contributed by atoms with Gasteiger partial charge in [0.05, 0.1) is 13.2 Å². The fourth-order valence-electron chi connectivity index (χ4n) is 4.16. The molecule has 2 aliphatic carbocycles. The maximum atomic E-state index is 12.8. The van der Waals surface area contributed by atoms with Gasteiger partial charge in [-0.2, -0.15) is 0 Å². The van der Waals surface area contributed by atoms with Crippen LogP contribution in [0.1, 0.15) is 24.0 Å². The van der Waals surface area contributed by atoms with Crippen LogP contribution >= 0.6 is 0 Å². The summed E-state index contributed by atoms with van der Waals surface area (Å²) in [6.07, 6.45) is 2.39. The molecule has 3 aliphatic rings. The zero-order chi connectivity index (χ0) is 15.3. The molecule has 0 aromatic heterocycles. The molecule has 116 valence electrons. The zero-order valence-electron chi connectivity index (χ0n) is 12.5. The second kappa shape index (κ2) is 4.81. The van der Waals surface area contributed by atoms with Crippen molar-refractivity contribution in [2.24, 2.45) is 11.7 Å². The van der Waals surface area contributed by atoms with Gasteiger partial charge in [0.2, 0.25) is 11.8 Å². The minimum absolute atomic E-state index is 0.0498. The molecule has 5 nitrogen and oxygen atoms in total. The van der Waals surface area contributed by atoms with Crippen LogP contribution in [0.15, 0.2) is 24.3 Å². The summed E-state index contributed by atoms with van der Waals surface area (Å²) in [5.74, 6) is -0.275. The molecule has 2 amide bonds. The predicted molar refractivity (Wildman–Crippen MR) is 80.1 cm³/mol. The van der Waals surface area contributed by atoms with Gasteiger partial charge in [-0.1, -0.05) is 24.3 Å².